The predicted octanol–water partition coefficient (Wildman–Crippen LogP) is 2.03. The number of aromatic amines is 1. The number of nitrogens with one attached hydrogen (secondary N) is 1. The van der Waals surface area contributed by atoms with Crippen molar-refractivity contribution in [2.45, 2.75) is 40.7 Å². The lowest BCUT2D eigenvalue weighted by Gasteiger charge is -2.04. The van der Waals surface area contributed by atoms with Crippen molar-refractivity contribution in [3.63, 3.8) is 0 Å². The van der Waals surface area contributed by atoms with Crippen LogP contribution in [0, 0.1) is 11.8 Å². The van der Waals surface area contributed by atoms with Crippen LogP contribution in [0.1, 0.15) is 33.3 Å². The number of hydrogen-bond donors (Lipinski definition) is 1. The van der Waals surface area contributed by atoms with E-state index < -0.39 is 0 Å². The second-order valence-corrected chi connectivity index (χ2v) is 4.74. The summed E-state index contributed by atoms with van der Waals surface area (Å²) < 4.78 is 1.89. The van der Waals surface area contributed by atoms with Crippen LogP contribution in [0.5, 0.6) is 0 Å². The zero-order valence-corrected chi connectivity index (χ0v) is 9.50. The van der Waals surface area contributed by atoms with Crippen molar-refractivity contribution >= 4 is 0 Å². The molecule has 0 aliphatic heterocycles. The Morgan fingerprint density at radius 1 is 1.29 bits per heavy atom. The summed E-state index contributed by atoms with van der Waals surface area (Å²) in [5.41, 5.74) is 0.972. The van der Waals surface area contributed by atoms with Crippen LogP contribution >= 0.6 is 0 Å². The quantitative estimate of drug-likeness (QED) is 0.786. The first kappa shape index (κ1) is 11.1. The van der Waals surface area contributed by atoms with Gasteiger partial charge in [0.25, 0.3) is 5.56 Å². The van der Waals surface area contributed by atoms with Gasteiger partial charge in [0.2, 0.25) is 0 Å². The Balaban J connectivity index is 2.77. The first-order valence-electron chi connectivity index (χ1n) is 5.27. The maximum Gasteiger partial charge on any atom is 0.267 e. The van der Waals surface area contributed by atoms with E-state index in [0.717, 1.165) is 18.5 Å². The summed E-state index contributed by atoms with van der Waals surface area (Å²) in [5, 5.41) is 2.84. The van der Waals surface area contributed by atoms with Gasteiger partial charge in [0.1, 0.15) is 0 Å². The van der Waals surface area contributed by atoms with Gasteiger partial charge in [-0.25, -0.2) is 0 Å². The summed E-state index contributed by atoms with van der Waals surface area (Å²) in [4.78, 5) is 11.5. The minimum absolute atomic E-state index is 0.0688. The van der Waals surface area contributed by atoms with E-state index >= 15 is 0 Å². The van der Waals surface area contributed by atoms with Crippen LogP contribution in [0.15, 0.2) is 11.0 Å². The van der Waals surface area contributed by atoms with Crippen LogP contribution in [-0.4, -0.2) is 9.78 Å². The van der Waals surface area contributed by atoms with E-state index in [1.165, 1.54) is 0 Å². The van der Waals surface area contributed by atoms with Crippen molar-refractivity contribution in [3.8, 4) is 0 Å². The SMILES string of the molecule is CC(C)Cc1cn(CC(C)C)[nH]c1=O. The van der Waals surface area contributed by atoms with Crippen molar-refractivity contribution in [2.75, 3.05) is 0 Å². The zero-order chi connectivity index (χ0) is 10.7. The van der Waals surface area contributed by atoms with Gasteiger partial charge in [-0.15, -0.1) is 0 Å². The van der Waals surface area contributed by atoms with Crippen molar-refractivity contribution in [1.82, 2.24) is 9.78 Å². The smallest absolute Gasteiger partial charge is 0.267 e. The standard InChI is InChI=1S/C11H20N2O/c1-8(2)5-10-7-13(6-9(3)4)12-11(10)14/h7-9H,5-6H2,1-4H3,(H,12,14). The molecule has 1 N–H and O–H groups in total. The van der Waals surface area contributed by atoms with Crippen LogP contribution in [-0.2, 0) is 13.0 Å². The molecule has 3 heteroatoms. The van der Waals surface area contributed by atoms with E-state index in [1.807, 2.05) is 10.9 Å². The maximum absolute atomic E-state index is 11.5. The molecule has 0 aliphatic carbocycles. The van der Waals surface area contributed by atoms with Gasteiger partial charge in [0, 0.05) is 18.3 Å². The number of hydrogen-bond acceptors (Lipinski definition) is 1. The molecule has 0 radical (unpaired) electrons. The highest BCUT2D eigenvalue weighted by atomic mass is 16.1. The normalized spacial score (nSPS) is 11.6. The lowest BCUT2D eigenvalue weighted by atomic mass is 10.1. The number of nitrogens with zero attached hydrogens (tertiary/aromatic N) is 1. The van der Waals surface area contributed by atoms with Gasteiger partial charge in [-0.05, 0) is 18.3 Å². The number of H-pyrrole nitrogens is 1. The molecule has 0 aliphatic rings. The third-order valence-corrected chi connectivity index (χ3v) is 2.04. The molecule has 0 amide bonds. The van der Waals surface area contributed by atoms with Crippen molar-refractivity contribution in [1.29, 1.82) is 0 Å². The summed E-state index contributed by atoms with van der Waals surface area (Å²) in [6.07, 6.45) is 2.81. The predicted molar refractivity (Wildman–Crippen MR) is 58.4 cm³/mol. The Morgan fingerprint density at radius 3 is 2.43 bits per heavy atom. The maximum atomic E-state index is 11.5. The van der Waals surface area contributed by atoms with E-state index in [-0.39, 0.29) is 5.56 Å². The molecule has 1 aromatic rings. The van der Waals surface area contributed by atoms with Crippen molar-refractivity contribution in [3.05, 3.63) is 22.1 Å². The Bertz CT molecular complexity index is 333. The summed E-state index contributed by atoms with van der Waals surface area (Å²) in [7, 11) is 0. The van der Waals surface area contributed by atoms with Crippen LogP contribution in [0.25, 0.3) is 0 Å². The molecule has 0 fully saturated rings. The first-order chi connectivity index (χ1) is 6.49. The van der Waals surface area contributed by atoms with E-state index in [4.69, 9.17) is 0 Å². The monoisotopic (exact) mass is 196 g/mol. The summed E-state index contributed by atoms with van der Waals surface area (Å²) in [5.74, 6) is 1.09. The topological polar surface area (TPSA) is 37.8 Å². The fourth-order valence-corrected chi connectivity index (χ4v) is 1.56. The number of rotatable bonds is 4. The summed E-state index contributed by atoms with van der Waals surface area (Å²) >= 11 is 0. The molecular weight excluding hydrogens is 176 g/mol. The van der Waals surface area contributed by atoms with Crippen LogP contribution in [0.2, 0.25) is 0 Å². The lowest BCUT2D eigenvalue weighted by Crippen LogP contribution is -2.11. The van der Waals surface area contributed by atoms with Gasteiger partial charge in [-0.2, -0.15) is 0 Å². The Hall–Kier alpha value is -0.990. The molecule has 0 atom stereocenters. The van der Waals surface area contributed by atoms with Crippen molar-refractivity contribution < 1.29 is 0 Å². The van der Waals surface area contributed by atoms with Gasteiger partial charge < -0.3 is 0 Å². The fraction of sp³-hybridized carbons (Fsp3) is 0.727. The molecule has 80 valence electrons. The highest BCUT2D eigenvalue weighted by Gasteiger charge is 2.06. The molecule has 1 rings (SSSR count). The lowest BCUT2D eigenvalue weighted by molar-refractivity contribution is 0.480. The molecule has 0 saturated heterocycles. The molecule has 1 heterocycles. The summed E-state index contributed by atoms with van der Waals surface area (Å²) in [6, 6.07) is 0. The number of aromatic nitrogens is 2. The highest BCUT2D eigenvalue weighted by molar-refractivity contribution is 5.05. The van der Waals surface area contributed by atoms with Gasteiger partial charge in [-0.1, -0.05) is 27.7 Å². The second kappa shape index (κ2) is 4.49. The molecule has 0 bridgehead atoms. The Kier molecular flexibility index (Phi) is 3.55. The van der Waals surface area contributed by atoms with Gasteiger partial charge in [0.05, 0.1) is 0 Å². The fourth-order valence-electron chi connectivity index (χ4n) is 1.56. The van der Waals surface area contributed by atoms with Crippen molar-refractivity contribution in [2.24, 2.45) is 11.8 Å². The molecule has 0 spiro atoms. The Morgan fingerprint density at radius 2 is 1.93 bits per heavy atom. The van der Waals surface area contributed by atoms with Crippen LogP contribution in [0.3, 0.4) is 0 Å². The van der Waals surface area contributed by atoms with Crippen LogP contribution in [0.4, 0.5) is 0 Å². The van der Waals surface area contributed by atoms with E-state index in [2.05, 4.69) is 32.8 Å². The molecule has 14 heavy (non-hydrogen) atoms. The molecule has 1 aromatic heterocycles. The van der Waals surface area contributed by atoms with E-state index in [9.17, 15) is 4.79 Å². The molecule has 3 nitrogen and oxygen atoms in total. The minimum atomic E-state index is 0.0688. The van der Waals surface area contributed by atoms with E-state index in [0.29, 0.717) is 11.8 Å². The van der Waals surface area contributed by atoms with Gasteiger partial charge >= 0.3 is 0 Å². The molecular formula is C11H20N2O. The van der Waals surface area contributed by atoms with E-state index in [1.54, 1.807) is 0 Å². The average Bonchev–Trinajstić information content (AvgIpc) is 2.28. The summed E-state index contributed by atoms with van der Waals surface area (Å²) in [6.45, 7) is 9.41. The third kappa shape index (κ3) is 3.05. The third-order valence-electron chi connectivity index (χ3n) is 2.04. The second-order valence-electron chi connectivity index (χ2n) is 4.74. The highest BCUT2D eigenvalue weighted by Crippen LogP contribution is 2.04. The largest absolute Gasteiger partial charge is 0.292 e. The molecule has 0 saturated carbocycles. The van der Waals surface area contributed by atoms with Crippen LogP contribution < -0.4 is 5.56 Å². The molecule has 0 unspecified atom stereocenters. The minimum Gasteiger partial charge on any atom is -0.292 e. The molecule has 0 aromatic carbocycles. The van der Waals surface area contributed by atoms with Gasteiger partial charge in [-0.3, -0.25) is 14.6 Å². The van der Waals surface area contributed by atoms with Gasteiger partial charge in [0.15, 0.2) is 0 Å². The first-order valence-corrected chi connectivity index (χ1v) is 5.27. The average molecular weight is 196 g/mol. The zero-order valence-electron chi connectivity index (χ0n) is 9.50. The Labute approximate surface area is 85.1 Å².